The predicted molar refractivity (Wildman–Crippen MR) is 99.0 cm³/mol. The number of nitrogens with one attached hydrogen (secondary N) is 1. The zero-order chi connectivity index (χ0) is 16.5. The minimum Gasteiger partial charge on any atom is -0.357 e. The lowest BCUT2D eigenvalue weighted by atomic mass is 9.92. The van der Waals surface area contributed by atoms with E-state index in [1.807, 2.05) is 19.0 Å². The highest BCUT2D eigenvalue weighted by Crippen LogP contribution is 2.21. The zero-order valence-electron chi connectivity index (χ0n) is 14.4. The zero-order valence-corrected chi connectivity index (χ0v) is 14.4. The molecule has 1 N–H and O–H groups in total. The molecule has 23 heavy (non-hydrogen) atoms. The molecular formula is C20H27N3. The van der Waals surface area contributed by atoms with Gasteiger partial charge in [-0.05, 0) is 24.5 Å². The molecule has 3 nitrogen and oxygen atoms in total. The summed E-state index contributed by atoms with van der Waals surface area (Å²) in [5.74, 6) is 1.33. The van der Waals surface area contributed by atoms with Crippen LogP contribution in [0, 0.1) is 0 Å². The number of nitrogens with zero attached hydrogens (tertiary/aromatic N) is 2. The van der Waals surface area contributed by atoms with Gasteiger partial charge in [-0.15, -0.1) is 0 Å². The van der Waals surface area contributed by atoms with Crippen LogP contribution in [0.25, 0.3) is 0 Å². The summed E-state index contributed by atoms with van der Waals surface area (Å²) in [6.07, 6.45) is 1.00. The first-order chi connectivity index (χ1) is 11.2. The van der Waals surface area contributed by atoms with Gasteiger partial charge in [0.1, 0.15) is 0 Å². The Morgan fingerprint density at radius 2 is 1.61 bits per heavy atom. The number of rotatable bonds is 6. The van der Waals surface area contributed by atoms with Crippen molar-refractivity contribution in [1.29, 1.82) is 0 Å². The van der Waals surface area contributed by atoms with E-state index in [-0.39, 0.29) is 0 Å². The maximum Gasteiger partial charge on any atom is 0.193 e. The van der Waals surface area contributed by atoms with Crippen LogP contribution in [0.5, 0.6) is 0 Å². The highest BCUT2D eigenvalue weighted by molar-refractivity contribution is 5.79. The van der Waals surface area contributed by atoms with Gasteiger partial charge in [0, 0.05) is 33.1 Å². The molecule has 0 spiro atoms. The Bertz CT molecular complexity index is 591. The molecule has 0 amide bonds. The van der Waals surface area contributed by atoms with Crippen LogP contribution >= 0.6 is 0 Å². The van der Waals surface area contributed by atoms with Gasteiger partial charge in [-0.2, -0.15) is 0 Å². The SMILES string of the molecule is CCNC(=NCC(Cc1ccccc1)c1ccccc1)N(C)C. The Kier molecular flexibility index (Phi) is 6.67. The lowest BCUT2D eigenvalue weighted by Gasteiger charge is -2.20. The van der Waals surface area contributed by atoms with E-state index in [9.17, 15) is 0 Å². The Balaban J connectivity index is 2.18. The van der Waals surface area contributed by atoms with Crippen LogP contribution < -0.4 is 5.32 Å². The van der Waals surface area contributed by atoms with E-state index in [1.165, 1.54) is 11.1 Å². The van der Waals surface area contributed by atoms with Gasteiger partial charge in [0.2, 0.25) is 0 Å². The third-order valence-corrected chi connectivity index (χ3v) is 3.82. The second kappa shape index (κ2) is 8.99. The molecule has 0 saturated heterocycles. The Labute approximate surface area is 140 Å². The lowest BCUT2D eigenvalue weighted by Crippen LogP contribution is -2.36. The quantitative estimate of drug-likeness (QED) is 0.653. The van der Waals surface area contributed by atoms with Crippen molar-refractivity contribution < 1.29 is 0 Å². The van der Waals surface area contributed by atoms with Gasteiger partial charge in [-0.25, -0.2) is 0 Å². The molecule has 122 valence electrons. The van der Waals surface area contributed by atoms with Gasteiger partial charge in [0.25, 0.3) is 0 Å². The molecule has 1 unspecified atom stereocenters. The topological polar surface area (TPSA) is 27.6 Å². The summed E-state index contributed by atoms with van der Waals surface area (Å²) >= 11 is 0. The van der Waals surface area contributed by atoms with E-state index in [4.69, 9.17) is 4.99 Å². The standard InChI is InChI=1S/C20H27N3/c1-4-21-20(23(2)3)22-16-19(18-13-9-6-10-14-18)15-17-11-7-5-8-12-17/h5-14,19H,4,15-16H2,1-3H3,(H,21,22). The minimum absolute atomic E-state index is 0.382. The third-order valence-electron chi connectivity index (χ3n) is 3.82. The van der Waals surface area contributed by atoms with E-state index < -0.39 is 0 Å². The fourth-order valence-corrected chi connectivity index (χ4v) is 2.62. The largest absolute Gasteiger partial charge is 0.357 e. The van der Waals surface area contributed by atoms with E-state index >= 15 is 0 Å². The molecule has 2 rings (SSSR count). The monoisotopic (exact) mass is 309 g/mol. The van der Waals surface area contributed by atoms with Crippen molar-refractivity contribution in [3.05, 3.63) is 71.8 Å². The minimum atomic E-state index is 0.382. The second-order valence-corrected chi connectivity index (χ2v) is 5.89. The van der Waals surface area contributed by atoms with Crippen LogP contribution in [0.4, 0.5) is 0 Å². The van der Waals surface area contributed by atoms with Gasteiger partial charge < -0.3 is 10.2 Å². The van der Waals surface area contributed by atoms with E-state index in [0.29, 0.717) is 5.92 Å². The van der Waals surface area contributed by atoms with Crippen LogP contribution in [-0.4, -0.2) is 38.0 Å². The highest BCUT2D eigenvalue weighted by Gasteiger charge is 2.13. The number of hydrogen-bond acceptors (Lipinski definition) is 1. The summed E-state index contributed by atoms with van der Waals surface area (Å²) in [5.41, 5.74) is 2.70. The van der Waals surface area contributed by atoms with Crippen LogP contribution in [0.1, 0.15) is 24.0 Å². The molecule has 0 aromatic heterocycles. The fourth-order valence-electron chi connectivity index (χ4n) is 2.62. The van der Waals surface area contributed by atoms with Crippen molar-refractivity contribution in [2.24, 2.45) is 4.99 Å². The highest BCUT2D eigenvalue weighted by atomic mass is 15.3. The molecular weight excluding hydrogens is 282 g/mol. The molecule has 0 bridgehead atoms. The molecule has 2 aromatic carbocycles. The number of aliphatic imine (C=N–C) groups is 1. The summed E-state index contributed by atoms with van der Waals surface area (Å²) in [4.78, 5) is 6.85. The van der Waals surface area contributed by atoms with Gasteiger partial charge >= 0.3 is 0 Å². The molecule has 0 radical (unpaired) electrons. The number of hydrogen-bond donors (Lipinski definition) is 1. The van der Waals surface area contributed by atoms with Crippen molar-refractivity contribution in [2.75, 3.05) is 27.2 Å². The summed E-state index contributed by atoms with van der Waals surface area (Å²) in [5, 5.41) is 3.33. The average Bonchev–Trinajstić information content (AvgIpc) is 2.59. The Morgan fingerprint density at radius 1 is 1.00 bits per heavy atom. The summed E-state index contributed by atoms with van der Waals surface area (Å²) in [6, 6.07) is 21.3. The second-order valence-electron chi connectivity index (χ2n) is 5.89. The summed E-state index contributed by atoms with van der Waals surface area (Å²) in [7, 11) is 4.05. The van der Waals surface area contributed by atoms with Crippen LogP contribution in [0.3, 0.4) is 0 Å². The predicted octanol–water partition coefficient (Wildman–Crippen LogP) is 3.54. The molecule has 0 fully saturated rings. The van der Waals surface area contributed by atoms with Crippen molar-refractivity contribution in [3.8, 4) is 0 Å². The van der Waals surface area contributed by atoms with Gasteiger partial charge in [0.15, 0.2) is 5.96 Å². The number of guanidine groups is 1. The molecule has 0 aliphatic heterocycles. The smallest absolute Gasteiger partial charge is 0.193 e. The van der Waals surface area contributed by atoms with Crippen molar-refractivity contribution in [1.82, 2.24) is 10.2 Å². The first-order valence-corrected chi connectivity index (χ1v) is 8.25. The maximum atomic E-state index is 4.82. The Morgan fingerprint density at radius 3 is 2.17 bits per heavy atom. The molecule has 1 atom stereocenters. The van der Waals surface area contributed by atoms with E-state index in [2.05, 4.69) is 72.9 Å². The number of benzene rings is 2. The molecule has 0 saturated carbocycles. The molecule has 0 heterocycles. The van der Waals surface area contributed by atoms with Crippen LogP contribution in [-0.2, 0) is 6.42 Å². The van der Waals surface area contributed by atoms with E-state index in [1.54, 1.807) is 0 Å². The summed E-state index contributed by atoms with van der Waals surface area (Å²) < 4.78 is 0. The van der Waals surface area contributed by atoms with Crippen molar-refractivity contribution in [2.45, 2.75) is 19.3 Å². The van der Waals surface area contributed by atoms with Crippen molar-refractivity contribution in [3.63, 3.8) is 0 Å². The average molecular weight is 309 g/mol. The van der Waals surface area contributed by atoms with Crippen molar-refractivity contribution >= 4 is 5.96 Å². The Hall–Kier alpha value is -2.29. The molecule has 0 aliphatic carbocycles. The maximum absolute atomic E-state index is 4.82. The van der Waals surface area contributed by atoms with E-state index in [0.717, 1.165) is 25.5 Å². The van der Waals surface area contributed by atoms with Gasteiger partial charge in [-0.3, -0.25) is 4.99 Å². The van der Waals surface area contributed by atoms with Gasteiger partial charge in [0.05, 0.1) is 0 Å². The molecule has 2 aromatic rings. The summed E-state index contributed by atoms with van der Waals surface area (Å²) in [6.45, 7) is 3.75. The normalized spacial score (nSPS) is 12.7. The lowest BCUT2D eigenvalue weighted by molar-refractivity contribution is 0.576. The fraction of sp³-hybridized carbons (Fsp3) is 0.350. The van der Waals surface area contributed by atoms with Gasteiger partial charge in [-0.1, -0.05) is 60.7 Å². The molecule has 0 aliphatic rings. The molecule has 3 heteroatoms. The first-order valence-electron chi connectivity index (χ1n) is 8.25. The van der Waals surface area contributed by atoms with Crippen LogP contribution in [0.15, 0.2) is 65.7 Å². The third kappa shape index (κ3) is 5.44. The first kappa shape index (κ1) is 17.1. The van der Waals surface area contributed by atoms with Crippen LogP contribution in [0.2, 0.25) is 0 Å².